The van der Waals surface area contributed by atoms with E-state index < -0.39 is 5.41 Å². The molecule has 5 nitrogen and oxygen atoms in total. The second-order valence-corrected chi connectivity index (χ2v) is 7.70. The van der Waals surface area contributed by atoms with Gasteiger partial charge in [-0.2, -0.15) is 0 Å². The molecule has 2 aromatic rings. The van der Waals surface area contributed by atoms with Gasteiger partial charge in [0.15, 0.2) is 0 Å². The topological polar surface area (TPSA) is 58.6 Å². The average molecular weight is 431 g/mol. The van der Waals surface area contributed by atoms with Crippen molar-refractivity contribution in [3.05, 3.63) is 58.6 Å². The van der Waals surface area contributed by atoms with Crippen LogP contribution >= 0.6 is 15.9 Å². The molecule has 0 radical (unpaired) electrons. The van der Waals surface area contributed by atoms with Gasteiger partial charge in [-0.1, -0.05) is 28.1 Å². The van der Waals surface area contributed by atoms with Crippen molar-refractivity contribution in [2.45, 2.75) is 25.2 Å². The lowest BCUT2D eigenvalue weighted by Crippen LogP contribution is -2.44. The van der Waals surface area contributed by atoms with Gasteiger partial charge in [0.05, 0.1) is 5.41 Å². The van der Waals surface area contributed by atoms with Crippen LogP contribution < -0.4 is 10.2 Å². The van der Waals surface area contributed by atoms with E-state index in [0.717, 1.165) is 15.7 Å². The smallest absolute Gasteiger partial charge is 0.235 e. The molecule has 1 aliphatic rings. The fourth-order valence-corrected chi connectivity index (χ4v) is 3.60. The Kier molecular flexibility index (Phi) is 5.97. The Bertz CT molecular complexity index is 812. The monoisotopic (exact) mass is 430 g/mol. The Morgan fingerprint density at radius 1 is 1.04 bits per heavy atom. The number of rotatable bonds is 4. The summed E-state index contributed by atoms with van der Waals surface area (Å²) in [4.78, 5) is 26.3. The molecule has 0 aliphatic carbocycles. The third-order valence-corrected chi connectivity index (χ3v) is 5.69. The van der Waals surface area contributed by atoms with E-state index in [1.54, 1.807) is 11.9 Å². The van der Waals surface area contributed by atoms with Crippen LogP contribution in [0, 0.1) is 0 Å². The number of nitrogens with one attached hydrogen (secondary N) is 1. The highest BCUT2D eigenvalue weighted by molar-refractivity contribution is 9.10. The highest BCUT2D eigenvalue weighted by Gasteiger charge is 2.41. The molecule has 142 valence electrons. The number of hydrogen-bond acceptors (Lipinski definition) is 3. The number of halogens is 1. The zero-order chi connectivity index (χ0) is 19.4. The van der Waals surface area contributed by atoms with Crippen LogP contribution in [-0.4, -0.2) is 32.1 Å². The van der Waals surface area contributed by atoms with Gasteiger partial charge in [-0.05, 0) is 54.8 Å². The van der Waals surface area contributed by atoms with Crippen molar-refractivity contribution in [1.82, 2.24) is 0 Å². The summed E-state index contributed by atoms with van der Waals surface area (Å²) in [6.07, 6.45) is 1.29. The molecular weight excluding hydrogens is 408 g/mol. The largest absolute Gasteiger partial charge is 0.381 e. The maximum Gasteiger partial charge on any atom is 0.235 e. The summed E-state index contributed by atoms with van der Waals surface area (Å²) in [5.41, 5.74) is 1.89. The van der Waals surface area contributed by atoms with Crippen molar-refractivity contribution in [3.8, 4) is 0 Å². The van der Waals surface area contributed by atoms with Crippen LogP contribution in [0.5, 0.6) is 0 Å². The Balaban J connectivity index is 1.83. The molecule has 1 aliphatic heterocycles. The van der Waals surface area contributed by atoms with Gasteiger partial charge < -0.3 is 15.0 Å². The Labute approximate surface area is 167 Å². The fourth-order valence-electron chi connectivity index (χ4n) is 3.34. The summed E-state index contributed by atoms with van der Waals surface area (Å²) in [6, 6.07) is 15.2. The summed E-state index contributed by atoms with van der Waals surface area (Å²) in [5, 5.41) is 3.05. The lowest BCUT2D eigenvalue weighted by molar-refractivity contribution is -0.125. The van der Waals surface area contributed by atoms with Crippen LogP contribution in [0.1, 0.15) is 25.3 Å². The minimum atomic E-state index is -0.603. The van der Waals surface area contributed by atoms with Crippen molar-refractivity contribution in [3.63, 3.8) is 0 Å². The first-order valence-corrected chi connectivity index (χ1v) is 9.71. The van der Waals surface area contributed by atoms with Crippen molar-refractivity contribution in [2.24, 2.45) is 0 Å². The van der Waals surface area contributed by atoms with E-state index in [2.05, 4.69) is 21.2 Å². The maximum absolute atomic E-state index is 13.3. The van der Waals surface area contributed by atoms with E-state index in [1.165, 1.54) is 6.92 Å². The Morgan fingerprint density at radius 3 is 2.19 bits per heavy atom. The summed E-state index contributed by atoms with van der Waals surface area (Å²) in [5.74, 6) is -0.0658. The molecule has 1 fully saturated rings. The number of benzene rings is 2. The van der Waals surface area contributed by atoms with Gasteiger partial charge in [0, 0.05) is 43.0 Å². The molecule has 0 unspecified atom stereocenters. The molecule has 0 saturated carbocycles. The molecule has 27 heavy (non-hydrogen) atoms. The lowest BCUT2D eigenvalue weighted by Gasteiger charge is -2.36. The van der Waals surface area contributed by atoms with Crippen molar-refractivity contribution >= 4 is 39.1 Å². The number of ether oxygens (including phenoxy) is 1. The highest BCUT2D eigenvalue weighted by atomic mass is 79.9. The van der Waals surface area contributed by atoms with Crippen molar-refractivity contribution < 1.29 is 14.3 Å². The third-order valence-electron chi connectivity index (χ3n) is 5.16. The first-order valence-electron chi connectivity index (χ1n) is 8.92. The van der Waals surface area contributed by atoms with E-state index in [-0.39, 0.29) is 11.8 Å². The van der Waals surface area contributed by atoms with Crippen LogP contribution in [0.4, 0.5) is 11.4 Å². The molecule has 0 aromatic heterocycles. The Hall–Kier alpha value is -2.18. The van der Waals surface area contributed by atoms with Crippen LogP contribution in [0.25, 0.3) is 0 Å². The maximum atomic E-state index is 13.3. The van der Waals surface area contributed by atoms with Crippen LogP contribution in [0.3, 0.4) is 0 Å². The molecule has 0 atom stereocenters. The van der Waals surface area contributed by atoms with E-state index in [4.69, 9.17) is 4.74 Å². The second-order valence-electron chi connectivity index (χ2n) is 6.78. The third kappa shape index (κ3) is 4.22. The number of nitrogens with zero attached hydrogens (tertiary/aromatic N) is 1. The van der Waals surface area contributed by atoms with Crippen LogP contribution in [0.15, 0.2) is 53.0 Å². The molecule has 1 heterocycles. The second kappa shape index (κ2) is 8.23. The molecule has 1 saturated heterocycles. The molecule has 6 heteroatoms. The number of carbonyl (C=O) groups is 2. The average Bonchev–Trinajstić information content (AvgIpc) is 2.69. The predicted molar refractivity (Wildman–Crippen MR) is 110 cm³/mol. The molecular formula is C21H23BrN2O3. The Morgan fingerprint density at radius 2 is 1.63 bits per heavy atom. The number of anilines is 2. The predicted octanol–water partition coefficient (Wildman–Crippen LogP) is 4.12. The van der Waals surface area contributed by atoms with Gasteiger partial charge in [-0.15, -0.1) is 0 Å². The molecule has 1 N–H and O–H groups in total. The van der Waals surface area contributed by atoms with Gasteiger partial charge in [0.1, 0.15) is 0 Å². The summed E-state index contributed by atoms with van der Waals surface area (Å²) in [7, 11) is 1.72. The molecule has 0 bridgehead atoms. The number of carbonyl (C=O) groups excluding carboxylic acids is 2. The van der Waals surface area contributed by atoms with E-state index in [1.807, 2.05) is 48.5 Å². The van der Waals surface area contributed by atoms with Gasteiger partial charge in [0.2, 0.25) is 11.8 Å². The molecule has 2 amide bonds. The summed E-state index contributed by atoms with van der Waals surface area (Å²) < 4.78 is 6.49. The first kappa shape index (κ1) is 19.6. The van der Waals surface area contributed by atoms with Gasteiger partial charge in [-0.3, -0.25) is 9.59 Å². The zero-order valence-electron chi connectivity index (χ0n) is 15.5. The highest BCUT2D eigenvalue weighted by Crippen LogP contribution is 2.37. The SMILES string of the molecule is CC(=O)N(C)c1ccc(NC(=O)C2(c3ccc(Br)cc3)CCOCC2)cc1. The van der Waals surface area contributed by atoms with Gasteiger partial charge in [0.25, 0.3) is 0 Å². The fraction of sp³-hybridized carbons (Fsp3) is 0.333. The van der Waals surface area contributed by atoms with Crippen molar-refractivity contribution in [2.75, 3.05) is 30.5 Å². The standard InChI is InChI=1S/C21H23BrN2O3/c1-15(25)24(2)19-9-7-18(8-10-19)23-20(26)21(11-13-27-14-12-21)16-3-5-17(22)6-4-16/h3-10H,11-14H2,1-2H3,(H,23,26). The van der Waals surface area contributed by atoms with E-state index >= 15 is 0 Å². The summed E-state index contributed by atoms with van der Waals surface area (Å²) >= 11 is 3.45. The molecule has 3 rings (SSSR count). The van der Waals surface area contributed by atoms with Crippen LogP contribution in [-0.2, 0) is 19.7 Å². The van der Waals surface area contributed by atoms with E-state index in [0.29, 0.717) is 31.7 Å². The molecule has 0 spiro atoms. The zero-order valence-corrected chi connectivity index (χ0v) is 17.1. The minimum Gasteiger partial charge on any atom is -0.381 e. The van der Waals surface area contributed by atoms with Gasteiger partial charge in [-0.25, -0.2) is 0 Å². The summed E-state index contributed by atoms with van der Waals surface area (Å²) in [6.45, 7) is 2.64. The van der Waals surface area contributed by atoms with Crippen molar-refractivity contribution in [1.29, 1.82) is 0 Å². The quantitative estimate of drug-likeness (QED) is 0.793. The minimum absolute atomic E-state index is 0.0270. The number of hydrogen-bond donors (Lipinski definition) is 1. The first-order chi connectivity index (χ1) is 12.9. The number of amides is 2. The van der Waals surface area contributed by atoms with Crippen LogP contribution in [0.2, 0.25) is 0 Å². The molecule has 2 aromatic carbocycles. The normalized spacial score (nSPS) is 15.8. The van der Waals surface area contributed by atoms with E-state index in [9.17, 15) is 9.59 Å². The van der Waals surface area contributed by atoms with Gasteiger partial charge >= 0.3 is 0 Å². The lowest BCUT2D eigenvalue weighted by atomic mass is 9.73.